The van der Waals surface area contributed by atoms with Crippen molar-refractivity contribution in [2.45, 2.75) is 58.9 Å². The molecule has 1 saturated heterocycles. The zero-order valence-corrected chi connectivity index (χ0v) is 14.1. The average molecular weight is 295 g/mol. The molecule has 2 unspecified atom stereocenters. The van der Waals surface area contributed by atoms with Gasteiger partial charge >= 0.3 is 0 Å². The van der Waals surface area contributed by atoms with Crippen molar-refractivity contribution in [2.75, 3.05) is 32.7 Å². The average Bonchev–Trinajstić information content (AvgIpc) is 2.83. The number of nitrogens with two attached hydrogens (primary N) is 1. The minimum absolute atomic E-state index is 0.191. The molecule has 2 rings (SSSR count). The Morgan fingerprint density at radius 2 is 1.95 bits per heavy atom. The normalized spacial score (nSPS) is 27.8. The van der Waals surface area contributed by atoms with Crippen LogP contribution in [-0.2, 0) is 4.79 Å². The largest absolute Gasteiger partial charge is 0.340 e. The second-order valence-electron chi connectivity index (χ2n) is 7.47. The second kappa shape index (κ2) is 7.10. The number of nitrogens with zero attached hydrogens (tertiary/aromatic N) is 2. The summed E-state index contributed by atoms with van der Waals surface area (Å²) < 4.78 is 0. The summed E-state index contributed by atoms with van der Waals surface area (Å²) in [6.07, 6.45) is 5.81. The molecule has 2 N–H and O–H groups in total. The minimum atomic E-state index is 0.191. The molecule has 0 spiro atoms. The fourth-order valence-electron chi connectivity index (χ4n) is 4.10. The number of hydrogen-bond acceptors (Lipinski definition) is 3. The third-order valence-corrected chi connectivity index (χ3v) is 5.59. The highest BCUT2D eigenvalue weighted by atomic mass is 16.2. The summed E-state index contributed by atoms with van der Waals surface area (Å²) >= 11 is 0. The van der Waals surface area contributed by atoms with Gasteiger partial charge in [0.15, 0.2) is 0 Å². The van der Waals surface area contributed by atoms with Crippen molar-refractivity contribution in [3.05, 3.63) is 0 Å². The third-order valence-electron chi connectivity index (χ3n) is 5.59. The first-order valence-corrected chi connectivity index (χ1v) is 8.72. The van der Waals surface area contributed by atoms with Crippen molar-refractivity contribution in [2.24, 2.45) is 17.1 Å². The fraction of sp³-hybridized carbons (Fsp3) is 0.941. The van der Waals surface area contributed by atoms with E-state index in [0.717, 1.165) is 39.1 Å². The van der Waals surface area contributed by atoms with Crippen LogP contribution in [0.4, 0.5) is 0 Å². The molecular weight excluding hydrogens is 262 g/mol. The van der Waals surface area contributed by atoms with Crippen LogP contribution in [0.1, 0.15) is 52.9 Å². The molecule has 1 heterocycles. The summed E-state index contributed by atoms with van der Waals surface area (Å²) in [4.78, 5) is 17.4. The predicted molar refractivity (Wildman–Crippen MR) is 87.0 cm³/mol. The number of amides is 1. The van der Waals surface area contributed by atoms with Crippen molar-refractivity contribution >= 4 is 5.91 Å². The van der Waals surface area contributed by atoms with Crippen LogP contribution in [0.5, 0.6) is 0 Å². The van der Waals surface area contributed by atoms with Crippen LogP contribution in [0.15, 0.2) is 0 Å². The Balaban J connectivity index is 1.87. The molecule has 0 aromatic rings. The number of hydrogen-bond donors (Lipinski definition) is 1. The first-order chi connectivity index (χ1) is 9.99. The molecule has 2 fully saturated rings. The Labute approximate surface area is 130 Å². The van der Waals surface area contributed by atoms with Gasteiger partial charge in [0.05, 0.1) is 0 Å². The van der Waals surface area contributed by atoms with E-state index >= 15 is 0 Å². The summed E-state index contributed by atoms with van der Waals surface area (Å²) in [5, 5.41) is 0. The van der Waals surface area contributed by atoms with E-state index in [0.29, 0.717) is 11.9 Å². The molecule has 122 valence electrons. The molecule has 0 bridgehead atoms. The summed E-state index contributed by atoms with van der Waals surface area (Å²) in [5.74, 6) is 0.641. The molecule has 1 aliphatic heterocycles. The van der Waals surface area contributed by atoms with Crippen LogP contribution in [0.25, 0.3) is 0 Å². The quantitative estimate of drug-likeness (QED) is 0.845. The molecule has 4 nitrogen and oxygen atoms in total. The Morgan fingerprint density at radius 1 is 1.29 bits per heavy atom. The molecule has 0 radical (unpaired) electrons. The monoisotopic (exact) mass is 295 g/mol. The van der Waals surface area contributed by atoms with Crippen molar-refractivity contribution < 1.29 is 4.79 Å². The van der Waals surface area contributed by atoms with E-state index in [4.69, 9.17) is 5.73 Å². The van der Waals surface area contributed by atoms with E-state index < -0.39 is 0 Å². The second-order valence-corrected chi connectivity index (χ2v) is 7.47. The Bertz CT molecular complexity index is 348. The first-order valence-electron chi connectivity index (χ1n) is 8.72. The van der Waals surface area contributed by atoms with Gasteiger partial charge in [0, 0.05) is 44.7 Å². The van der Waals surface area contributed by atoms with Gasteiger partial charge in [-0.1, -0.05) is 33.6 Å². The van der Waals surface area contributed by atoms with Crippen molar-refractivity contribution in [1.82, 2.24) is 9.80 Å². The highest BCUT2D eigenvalue weighted by molar-refractivity contribution is 5.80. The van der Waals surface area contributed by atoms with Crippen LogP contribution >= 0.6 is 0 Å². The highest BCUT2D eigenvalue weighted by Gasteiger charge is 2.41. The van der Waals surface area contributed by atoms with E-state index in [1.807, 2.05) is 0 Å². The molecule has 0 aromatic heterocycles. The lowest BCUT2D eigenvalue weighted by Crippen LogP contribution is -2.55. The van der Waals surface area contributed by atoms with Gasteiger partial charge in [-0.2, -0.15) is 0 Å². The molecule has 1 saturated carbocycles. The Morgan fingerprint density at radius 3 is 2.43 bits per heavy atom. The van der Waals surface area contributed by atoms with Gasteiger partial charge < -0.3 is 10.6 Å². The molecule has 1 amide bonds. The van der Waals surface area contributed by atoms with Gasteiger partial charge in [-0.3, -0.25) is 9.69 Å². The molecule has 0 aromatic carbocycles. The van der Waals surface area contributed by atoms with Crippen LogP contribution in [0, 0.1) is 11.3 Å². The van der Waals surface area contributed by atoms with E-state index in [1.165, 1.54) is 25.7 Å². The Kier molecular flexibility index (Phi) is 5.67. The van der Waals surface area contributed by atoms with Gasteiger partial charge in [-0.15, -0.1) is 0 Å². The topological polar surface area (TPSA) is 49.6 Å². The first kappa shape index (κ1) is 16.8. The fourth-order valence-corrected chi connectivity index (χ4v) is 4.10. The standard InChI is InChI=1S/C17H33N3O/c1-4-6-14(13-18)19-9-11-20(12-10-19)16(21)15-7-5-8-17(15,2)3/h14-15H,4-13,18H2,1-3H3. The van der Waals surface area contributed by atoms with Crippen LogP contribution in [0.3, 0.4) is 0 Å². The van der Waals surface area contributed by atoms with Gasteiger partial charge in [0.2, 0.25) is 5.91 Å². The van der Waals surface area contributed by atoms with E-state index in [-0.39, 0.29) is 11.3 Å². The maximum Gasteiger partial charge on any atom is 0.226 e. The lowest BCUT2D eigenvalue weighted by molar-refractivity contribution is -0.140. The number of rotatable bonds is 5. The molecule has 2 atom stereocenters. The SMILES string of the molecule is CCCC(CN)N1CCN(C(=O)C2CCCC2(C)C)CC1. The molecule has 21 heavy (non-hydrogen) atoms. The van der Waals surface area contributed by atoms with Crippen molar-refractivity contribution in [3.8, 4) is 0 Å². The highest BCUT2D eigenvalue weighted by Crippen LogP contribution is 2.43. The van der Waals surface area contributed by atoms with Crippen LogP contribution in [-0.4, -0.2) is 54.5 Å². The van der Waals surface area contributed by atoms with E-state index in [9.17, 15) is 4.79 Å². The van der Waals surface area contributed by atoms with Crippen molar-refractivity contribution in [3.63, 3.8) is 0 Å². The van der Waals surface area contributed by atoms with E-state index in [1.54, 1.807) is 0 Å². The maximum atomic E-state index is 12.8. The van der Waals surface area contributed by atoms with Crippen molar-refractivity contribution in [1.29, 1.82) is 0 Å². The lowest BCUT2D eigenvalue weighted by Gasteiger charge is -2.41. The number of carbonyl (C=O) groups excluding carboxylic acids is 1. The Hall–Kier alpha value is -0.610. The van der Waals surface area contributed by atoms with Gasteiger partial charge in [0.1, 0.15) is 0 Å². The van der Waals surface area contributed by atoms with Gasteiger partial charge in [0.25, 0.3) is 0 Å². The summed E-state index contributed by atoms with van der Waals surface area (Å²) in [5.41, 5.74) is 6.09. The van der Waals surface area contributed by atoms with E-state index in [2.05, 4.69) is 30.6 Å². The molecular formula is C17H33N3O. The maximum absolute atomic E-state index is 12.8. The molecule has 2 aliphatic rings. The smallest absolute Gasteiger partial charge is 0.226 e. The molecule has 1 aliphatic carbocycles. The van der Waals surface area contributed by atoms with Gasteiger partial charge in [-0.05, 0) is 24.7 Å². The summed E-state index contributed by atoms with van der Waals surface area (Å²) in [7, 11) is 0. The zero-order valence-electron chi connectivity index (χ0n) is 14.1. The predicted octanol–water partition coefficient (Wildman–Crippen LogP) is 2.08. The number of carbonyl (C=O) groups is 1. The number of piperazine rings is 1. The zero-order chi connectivity index (χ0) is 15.5. The third kappa shape index (κ3) is 3.78. The lowest BCUT2D eigenvalue weighted by atomic mass is 9.81. The van der Waals surface area contributed by atoms with Crippen LogP contribution in [0.2, 0.25) is 0 Å². The van der Waals surface area contributed by atoms with Gasteiger partial charge in [-0.25, -0.2) is 0 Å². The van der Waals surface area contributed by atoms with Crippen LogP contribution < -0.4 is 5.73 Å². The minimum Gasteiger partial charge on any atom is -0.340 e. The summed E-state index contributed by atoms with van der Waals surface area (Å²) in [6, 6.07) is 0.496. The molecule has 4 heteroatoms. The summed E-state index contributed by atoms with van der Waals surface area (Å²) in [6.45, 7) is 11.2.